The van der Waals surface area contributed by atoms with Gasteiger partial charge in [-0.1, -0.05) is 0 Å². The van der Waals surface area contributed by atoms with Crippen molar-refractivity contribution in [3.8, 4) is 0 Å². The molecule has 18 heavy (non-hydrogen) atoms. The highest BCUT2D eigenvalue weighted by Gasteiger charge is 2.08. The molecular weight excluding hydrogens is 319 g/mol. The Balaban J connectivity index is 1.89. The molecule has 0 saturated heterocycles. The Kier molecular flexibility index (Phi) is 4.43. The molecule has 94 valence electrons. The Labute approximate surface area is 116 Å². The lowest BCUT2D eigenvalue weighted by Gasteiger charge is -2.04. The number of aromatic nitrogens is 1. The van der Waals surface area contributed by atoms with Crippen LogP contribution in [-0.2, 0) is 6.42 Å². The number of benzene rings is 1. The minimum atomic E-state index is -0.442. The minimum Gasteiger partial charge on any atom is -0.352 e. The Morgan fingerprint density at radius 1 is 1.50 bits per heavy atom. The Hall–Kier alpha value is -1.27. The summed E-state index contributed by atoms with van der Waals surface area (Å²) >= 11 is 4.59. The quantitative estimate of drug-likeness (QED) is 0.937. The molecule has 2 aromatic rings. The van der Waals surface area contributed by atoms with Crippen LogP contribution >= 0.6 is 27.3 Å². The van der Waals surface area contributed by atoms with Crippen molar-refractivity contribution in [2.75, 3.05) is 6.54 Å². The number of carbonyl (C=O) groups is 1. The van der Waals surface area contributed by atoms with Gasteiger partial charge in [0.25, 0.3) is 5.91 Å². The summed E-state index contributed by atoms with van der Waals surface area (Å²) < 4.78 is 13.6. The van der Waals surface area contributed by atoms with Crippen LogP contribution in [0.5, 0.6) is 0 Å². The van der Waals surface area contributed by atoms with Gasteiger partial charge in [-0.05, 0) is 34.1 Å². The first-order valence-corrected chi connectivity index (χ1v) is 6.95. The van der Waals surface area contributed by atoms with Gasteiger partial charge in [0.2, 0.25) is 0 Å². The van der Waals surface area contributed by atoms with Gasteiger partial charge in [0.1, 0.15) is 5.82 Å². The van der Waals surface area contributed by atoms with E-state index in [4.69, 9.17) is 0 Å². The van der Waals surface area contributed by atoms with Gasteiger partial charge in [0, 0.05) is 30.1 Å². The summed E-state index contributed by atoms with van der Waals surface area (Å²) in [4.78, 5) is 15.8. The first kappa shape index (κ1) is 13.2. The van der Waals surface area contributed by atoms with Crippen molar-refractivity contribution >= 4 is 33.2 Å². The maximum absolute atomic E-state index is 13.2. The van der Waals surface area contributed by atoms with E-state index in [1.54, 1.807) is 23.6 Å². The standard InChI is InChI=1S/C12H10BrFN2OS/c13-9-2-1-8(7-10(9)14)12(17)16-4-3-11-15-5-6-18-11/h1-2,5-7H,3-4H2,(H,16,17). The molecule has 6 heteroatoms. The van der Waals surface area contributed by atoms with Gasteiger partial charge in [0.05, 0.1) is 9.48 Å². The summed E-state index contributed by atoms with van der Waals surface area (Å²) in [5.74, 6) is -0.722. The lowest BCUT2D eigenvalue weighted by atomic mass is 10.2. The average Bonchev–Trinajstić information content (AvgIpc) is 2.85. The predicted octanol–water partition coefficient (Wildman–Crippen LogP) is 3.02. The Morgan fingerprint density at radius 3 is 3.00 bits per heavy atom. The zero-order valence-electron chi connectivity index (χ0n) is 9.32. The fourth-order valence-electron chi connectivity index (χ4n) is 1.40. The summed E-state index contributed by atoms with van der Waals surface area (Å²) in [5.41, 5.74) is 0.315. The van der Waals surface area contributed by atoms with Crippen LogP contribution in [0.4, 0.5) is 4.39 Å². The molecule has 0 saturated carbocycles. The Morgan fingerprint density at radius 2 is 2.33 bits per heavy atom. The maximum atomic E-state index is 13.2. The van der Waals surface area contributed by atoms with Crippen molar-refractivity contribution in [1.82, 2.24) is 10.3 Å². The number of rotatable bonds is 4. The largest absolute Gasteiger partial charge is 0.352 e. The third-order valence-electron chi connectivity index (χ3n) is 2.29. The van der Waals surface area contributed by atoms with Gasteiger partial charge in [-0.2, -0.15) is 0 Å². The molecule has 1 heterocycles. The second kappa shape index (κ2) is 6.06. The molecule has 2 rings (SSSR count). The molecule has 0 fully saturated rings. The van der Waals surface area contributed by atoms with Gasteiger partial charge >= 0.3 is 0 Å². The number of nitrogens with zero attached hydrogens (tertiary/aromatic N) is 1. The van der Waals surface area contributed by atoms with Crippen molar-refractivity contribution < 1.29 is 9.18 Å². The van der Waals surface area contributed by atoms with Crippen LogP contribution in [0, 0.1) is 5.82 Å². The van der Waals surface area contributed by atoms with Crippen LogP contribution < -0.4 is 5.32 Å². The lowest BCUT2D eigenvalue weighted by molar-refractivity contribution is 0.0953. The fraction of sp³-hybridized carbons (Fsp3) is 0.167. The highest BCUT2D eigenvalue weighted by Crippen LogP contribution is 2.16. The minimum absolute atomic E-state index is 0.280. The molecule has 0 radical (unpaired) electrons. The normalized spacial score (nSPS) is 10.3. The Bertz CT molecular complexity index is 545. The van der Waals surface area contributed by atoms with Crippen LogP contribution in [0.15, 0.2) is 34.2 Å². The lowest BCUT2D eigenvalue weighted by Crippen LogP contribution is -2.25. The van der Waals surface area contributed by atoms with E-state index in [2.05, 4.69) is 26.2 Å². The average molecular weight is 329 g/mol. The molecule has 0 aliphatic heterocycles. The third-order valence-corrected chi connectivity index (χ3v) is 3.77. The summed E-state index contributed by atoms with van der Waals surface area (Å²) in [6.45, 7) is 0.490. The van der Waals surface area contributed by atoms with Crippen molar-refractivity contribution in [3.05, 3.63) is 50.6 Å². The molecule has 1 aromatic carbocycles. The molecule has 1 aromatic heterocycles. The highest BCUT2D eigenvalue weighted by molar-refractivity contribution is 9.10. The monoisotopic (exact) mass is 328 g/mol. The second-order valence-electron chi connectivity index (χ2n) is 3.56. The molecular formula is C12H10BrFN2OS. The number of halogens is 2. The van der Waals surface area contributed by atoms with Crippen molar-refractivity contribution in [1.29, 1.82) is 0 Å². The molecule has 0 spiro atoms. The molecule has 0 atom stereocenters. The predicted molar refractivity (Wildman–Crippen MR) is 72.3 cm³/mol. The number of nitrogens with one attached hydrogen (secondary N) is 1. The third kappa shape index (κ3) is 3.36. The van der Waals surface area contributed by atoms with Crippen molar-refractivity contribution in [2.45, 2.75) is 6.42 Å². The number of thiazole rings is 1. The zero-order chi connectivity index (χ0) is 13.0. The smallest absolute Gasteiger partial charge is 0.251 e. The molecule has 1 amide bonds. The van der Waals surface area contributed by atoms with E-state index >= 15 is 0 Å². The highest BCUT2D eigenvalue weighted by atomic mass is 79.9. The van der Waals surface area contributed by atoms with Crippen LogP contribution in [0.2, 0.25) is 0 Å². The van der Waals surface area contributed by atoms with Gasteiger partial charge in [-0.3, -0.25) is 4.79 Å². The van der Waals surface area contributed by atoms with E-state index in [-0.39, 0.29) is 5.91 Å². The molecule has 0 unspecified atom stereocenters. The SMILES string of the molecule is O=C(NCCc1nccs1)c1ccc(Br)c(F)c1. The molecule has 0 aliphatic carbocycles. The van der Waals surface area contributed by atoms with E-state index in [9.17, 15) is 9.18 Å². The number of amides is 1. The fourth-order valence-corrected chi connectivity index (χ4v) is 2.27. The van der Waals surface area contributed by atoms with Crippen molar-refractivity contribution in [2.24, 2.45) is 0 Å². The van der Waals surface area contributed by atoms with Gasteiger partial charge < -0.3 is 5.32 Å². The van der Waals surface area contributed by atoms with E-state index in [1.807, 2.05) is 5.38 Å². The van der Waals surface area contributed by atoms with Crippen LogP contribution in [0.1, 0.15) is 15.4 Å². The zero-order valence-corrected chi connectivity index (χ0v) is 11.7. The van der Waals surface area contributed by atoms with Gasteiger partial charge in [0.15, 0.2) is 0 Å². The summed E-state index contributed by atoms with van der Waals surface area (Å²) in [6, 6.07) is 4.31. The molecule has 1 N–H and O–H groups in total. The number of hydrogen-bond donors (Lipinski definition) is 1. The van der Waals surface area contributed by atoms with E-state index in [0.29, 0.717) is 23.0 Å². The van der Waals surface area contributed by atoms with Crippen molar-refractivity contribution in [3.63, 3.8) is 0 Å². The van der Waals surface area contributed by atoms with Crippen LogP contribution in [0.3, 0.4) is 0 Å². The van der Waals surface area contributed by atoms with Gasteiger partial charge in [-0.25, -0.2) is 9.37 Å². The first-order chi connectivity index (χ1) is 8.66. The number of hydrogen-bond acceptors (Lipinski definition) is 3. The van der Waals surface area contributed by atoms with Crippen LogP contribution in [0.25, 0.3) is 0 Å². The number of carbonyl (C=O) groups excluding carboxylic acids is 1. The first-order valence-electron chi connectivity index (χ1n) is 5.28. The topological polar surface area (TPSA) is 42.0 Å². The molecule has 0 aliphatic rings. The summed E-state index contributed by atoms with van der Waals surface area (Å²) in [7, 11) is 0. The molecule has 3 nitrogen and oxygen atoms in total. The second-order valence-corrected chi connectivity index (χ2v) is 5.39. The van der Waals surface area contributed by atoms with E-state index < -0.39 is 5.82 Å². The summed E-state index contributed by atoms with van der Waals surface area (Å²) in [5, 5.41) is 5.59. The van der Waals surface area contributed by atoms with E-state index in [1.165, 1.54) is 12.1 Å². The maximum Gasteiger partial charge on any atom is 0.251 e. The van der Waals surface area contributed by atoms with E-state index in [0.717, 1.165) is 5.01 Å². The summed E-state index contributed by atoms with van der Waals surface area (Å²) in [6.07, 6.45) is 2.41. The van der Waals surface area contributed by atoms with Gasteiger partial charge in [-0.15, -0.1) is 11.3 Å². The van der Waals surface area contributed by atoms with Crippen LogP contribution in [-0.4, -0.2) is 17.4 Å². The molecule has 0 bridgehead atoms.